The largest absolute Gasteiger partial charge is 0.382 e. The molecule has 0 amide bonds. The Labute approximate surface area is 103 Å². The van der Waals surface area contributed by atoms with Crippen LogP contribution in [0.3, 0.4) is 0 Å². The molecule has 0 bridgehead atoms. The van der Waals surface area contributed by atoms with Crippen molar-refractivity contribution < 1.29 is 4.21 Å². The smallest absolute Gasteiger partial charge is 0.0820 e. The van der Waals surface area contributed by atoms with E-state index in [4.69, 9.17) is 11.6 Å². The van der Waals surface area contributed by atoms with Crippen molar-refractivity contribution in [3.05, 3.63) is 23.5 Å². The van der Waals surface area contributed by atoms with Crippen molar-refractivity contribution in [1.29, 1.82) is 0 Å². The summed E-state index contributed by atoms with van der Waals surface area (Å²) in [5.41, 5.74) is 0.869. The van der Waals surface area contributed by atoms with Crippen LogP contribution in [0.4, 0.5) is 5.69 Å². The van der Waals surface area contributed by atoms with Crippen LogP contribution in [-0.2, 0) is 10.8 Å². The predicted molar refractivity (Wildman–Crippen MR) is 68.4 cm³/mol. The van der Waals surface area contributed by atoms with E-state index in [1.54, 1.807) is 18.6 Å². The zero-order valence-corrected chi connectivity index (χ0v) is 10.8. The lowest BCUT2D eigenvalue weighted by atomic mass is 9.84. The van der Waals surface area contributed by atoms with Gasteiger partial charge >= 0.3 is 0 Å². The Balaban J connectivity index is 2.02. The Kier molecular flexibility index (Phi) is 3.50. The second-order valence-electron chi connectivity index (χ2n) is 4.20. The summed E-state index contributed by atoms with van der Waals surface area (Å²) in [6, 6.07) is 1.84. The minimum Gasteiger partial charge on any atom is -0.382 e. The highest BCUT2D eigenvalue weighted by Crippen LogP contribution is 2.37. The number of nitrogens with zero attached hydrogens (tertiary/aromatic N) is 1. The maximum atomic E-state index is 11.7. The van der Waals surface area contributed by atoms with Gasteiger partial charge in [-0.3, -0.25) is 9.19 Å². The summed E-state index contributed by atoms with van der Waals surface area (Å²) < 4.78 is 11.6. The van der Waals surface area contributed by atoms with Crippen LogP contribution < -0.4 is 5.32 Å². The first-order chi connectivity index (χ1) is 7.64. The molecule has 16 heavy (non-hydrogen) atoms. The minimum absolute atomic E-state index is 0.0490. The lowest BCUT2D eigenvalue weighted by molar-refractivity contribution is 0.368. The van der Waals surface area contributed by atoms with E-state index in [2.05, 4.69) is 10.3 Å². The maximum Gasteiger partial charge on any atom is 0.0820 e. The lowest BCUT2D eigenvalue weighted by Gasteiger charge is -2.40. The summed E-state index contributed by atoms with van der Waals surface area (Å²) in [5, 5.41) is 3.88. The molecule has 0 aliphatic heterocycles. The van der Waals surface area contributed by atoms with Crippen molar-refractivity contribution in [2.45, 2.75) is 24.0 Å². The Morgan fingerprint density at radius 2 is 2.38 bits per heavy atom. The highest BCUT2D eigenvalue weighted by atomic mass is 35.5. The molecular weight excluding hydrogens is 244 g/mol. The lowest BCUT2D eigenvalue weighted by Crippen LogP contribution is -2.47. The fraction of sp³-hybridized carbons (Fsp3) is 0.545. The molecule has 0 aromatic carbocycles. The first kappa shape index (κ1) is 11.9. The molecule has 1 N–H and O–H groups in total. The first-order valence-electron chi connectivity index (χ1n) is 5.31. The highest BCUT2D eigenvalue weighted by Gasteiger charge is 2.40. The summed E-state index contributed by atoms with van der Waals surface area (Å²) in [6.07, 6.45) is 8.34. The second kappa shape index (κ2) is 4.72. The number of pyridine rings is 1. The molecule has 0 unspecified atom stereocenters. The van der Waals surface area contributed by atoms with Crippen molar-refractivity contribution in [3.63, 3.8) is 0 Å². The Morgan fingerprint density at radius 3 is 2.88 bits per heavy atom. The van der Waals surface area contributed by atoms with Crippen molar-refractivity contribution >= 4 is 28.1 Å². The minimum atomic E-state index is -0.784. The van der Waals surface area contributed by atoms with Crippen molar-refractivity contribution in [2.24, 2.45) is 0 Å². The third kappa shape index (κ3) is 2.23. The predicted octanol–water partition coefficient (Wildman–Crippen LogP) is 2.45. The second-order valence-corrected chi connectivity index (χ2v) is 6.38. The quantitative estimate of drug-likeness (QED) is 0.902. The van der Waals surface area contributed by atoms with Crippen molar-refractivity contribution in [3.8, 4) is 0 Å². The van der Waals surface area contributed by atoms with Gasteiger partial charge in [0.15, 0.2) is 0 Å². The van der Waals surface area contributed by atoms with Crippen molar-refractivity contribution in [2.75, 3.05) is 18.1 Å². The van der Waals surface area contributed by atoms with E-state index in [0.717, 1.165) is 25.1 Å². The molecule has 1 heterocycles. The van der Waals surface area contributed by atoms with Gasteiger partial charge in [-0.1, -0.05) is 18.0 Å². The van der Waals surface area contributed by atoms with Crippen LogP contribution in [0.5, 0.6) is 0 Å². The molecule has 3 nitrogen and oxygen atoms in total. The number of halogens is 1. The van der Waals surface area contributed by atoms with E-state index >= 15 is 0 Å². The molecule has 1 aromatic heterocycles. The molecule has 1 aromatic rings. The van der Waals surface area contributed by atoms with Crippen LogP contribution >= 0.6 is 11.6 Å². The molecule has 1 aliphatic rings. The summed E-state index contributed by atoms with van der Waals surface area (Å²) in [5.74, 6) is 0. The summed E-state index contributed by atoms with van der Waals surface area (Å²) >= 11 is 5.99. The normalized spacial score (nSPS) is 19.9. The molecule has 1 atom stereocenters. The molecule has 0 spiro atoms. The van der Waals surface area contributed by atoms with E-state index in [-0.39, 0.29) is 4.75 Å². The van der Waals surface area contributed by atoms with Crippen LogP contribution in [-0.4, -0.2) is 26.7 Å². The number of aromatic nitrogens is 1. The van der Waals surface area contributed by atoms with Gasteiger partial charge in [-0.2, -0.15) is 0 Å². The van der Waals surface area contributed by atoms with E-state index in [0.29, 0.717) is 5.02 Å². The SMILES string of the molecule is C[S@](=O)C1(CNc2ccncc2Cl)CCC1. The number of hydrogen-bond acceptors (Lipinski definition) is 3. The third-order valence-electron chi connectivity index (χ3n) is 3.25. The molecule has 0 saturated heterocycles. The van der Waals surface area contributed by atoms with Crippen LogP contribution in [0.2, 0.25) is 5.02 Å². The van der Waals surface area contributed by atoms with Gasteiger partial charge in [0.2, 0.25) is 0 Å². The maximum absolute atomic E-state index is 11.7. The third-order valence-corrected chi connectivity index (χ3v) is 5.32. The van der Waals surface area contributed by atoms with Crippen LogP contribution in [0.1, 0.15) is 19.3 Å². The molecule has 88 valence electrons. The fourth-order valence-corrected chi connectivity index (χ4v) is 3.24. The van der Waals surface area contributed by atoms with E-state index in [9.17, 15) is 4.21 Å². The van der Waals surface area contributed by atoms with Gasteiger partial charge < -0.3 is 5.32 Å². The summed E-state index contributed by atoms with van der Waals surface area (Å²) in [7, 11) is -0.784. The van der Waals surface area contributed by atoms with Gasteiger partial charge in [-0.25, -0.2) is 0 Å². The zero-order valence-electron chi connectivity index (χ0n) is 9.20. The van der Waals surface area contributed by atoms with Gasteiger partial charge in [0.25, 0.3) is 0 Å². The van der Waals surface area contributed by atoms with Gasteiger partial charge in [-0.15, -0.1) is 0 Å². The fourth-order valence-electron chi connectivity index (χ4n) is 1.91. The molecule has 1 saturated carbocycles. The Bertz CT molecular complexity index is 407. The van der Waals surface area contributed by atoms with Gasteiger partial charge in [-0.05, 0) is 18.9 Å². The molecule has 2 rings (SSSR count). The molecule has 1 aliphatic carbocycles. The topological polar surface area (TPSA) is 42.0 Å². The Morgan fingerprint density at radius 1 is 1.62 bits per heavy atom. The highest BCUT2D eigenvalue weighted by molar-refractivity contribution is 7.85. The van der Waals surface area contributed by atoms with Crippen LogP contribution in [0.25, 0.3) is 0 Å². The summed E-state index contributed by atoms with van der Waals surface area (Å²) in [4.78, 5) is 3.93. The van der Waals surface area contributed by atoms with E-state index < -0.39 is 10.8 Å². The van der Waals surface area contributed by atoms with Crippen molar-refractivity contribution in [1.82, 2.24) is 4.98 Å². The number of nitrogens with one attached hydrogen (secondary N) is 1. The van der Waals surface area contributed by atoms with E-state index in [1.807, 2.05) is 6.07 Å². The van der Waals surface area contributed by atoms with Gasteiger partial charge in [0, 0.05) is 36.0 Å². The molecule has 5 heteroatoms. The average Bonchev–Trinajstić information content (AvgIpc) is 2.18. The van der Waals surface area contributed by atoms with E-state index in [1.165, 1.54) is 6.42 Å². The molecule has 1 fully saturated rings. The van der Waals surface area contributed by atoms with Gasteiger partial charge in [0.05, 0.1) is 15.5 Å². The molecule has 0 radical (unpaired) electrons. The zero-order chi connectivity index (χ0) is 11.6. The van der Waals surface area contributed by atoms with Crippen LogP contribution in [0, 0.1) is 0 Å². The number of hydrogen-bond donors (Lipinski definition) is 1. The Hall–Kier alpha value is -0.610. The molecular formula is C11H15ClN2OS. The summed E-state index contributed by atoms with van der Waals surface area (Å²) in [6.45, 7) is 0.722. The standard InChI is InChI=1S/C11H15ClN2OS/c1-16(15)11(4-2-5-11)8-14-10-3-6-13-7-9(10)12/h3,6-7H,2,4-5,8H2,1H3,(H,13,14)/t16-/m0/s1. The average molecular weight is 259 g/mol. The van der Waals surface area contributed by atoms with Gasteiger partial charge in [0.1, 0.15) is 0 Å². The monoisotopic (exact) mass is 258 g/mol. The number of anilines is 1. The van der Waals surface area contributed by atoms with Crippen LogP contribution in [0.15, 0.2) is 18.5 Å². The number of rotatable bonds is 4. The first-order valence-corrected chi connectivity index (χ1v) is 7.25.